The van der Waals surface area contributed by atoms with Gasteiger partial charge in [-0.15, -0.1) is 0 Å². The molecule has 0 bridgehead atoms. The van der Waals surface area contributed by atoms with E-state index in [0.29, 0.717) is 31.0 Å². The van der Waals surface area contributed by atoms with Crippen LogP contribution in [0.5, 0.6) is 5.75 Å². The highest BCUT2D eigenvalue weighted by Crippen LogP contribution is 2.36. The molecular formula is C20H15Br2ClN2O5. The number of rotatable bonds is 6. The van der Waals surface area contributed by atoms with Gasteiger partial charge in [0.15, 0.2) is 6.61 Å². The minimum absolute atomic E-state index is 0.110. The largest absolute Gasteiger partial charge is 0.480 e. The van der Waals surface area contributed by atoms with E-state index in [9.17, 15) is 14.4 Å². The van der Waals surface area contributed by atoms with Crippen LogP contribution in [0.25, 0.3) is 6.08 Å². The summed E-state index contributed by atoms with van der Waals surface area (Å²) in [6.07, 6.45) is 1.54. The van der Waals surface area contributed by atoms with Crippen molar-refractivity contribution in [2.75, 3.05) is 18.1 Å². The summed E-state index contributed by atoms with van der Waals surface area (Å²) in [6, 6.07) is 9.28. The lowest BCUT2D eigenvalue weighted by Crippen LogP contribution is -2.30. The molecule has 3 amide bonds. The molecule has 0 saturated carbocycles. The number of anilines is 1. The molecule has 3 rings (SSSR count). The van der Waals surface area contributed by atoms with Gasteiger partial charge in [0, 0.05) is 5.02 Å². The monoisotopic (exact) mass is 556 g/mol. The van der Waals surface area contributed by atoms with Crippen LogP contribution in [0.4, 0.5) is 10.5 Å². The van der Waals surface area contributed by atoms with Crippen molar-refractivity contribution in [2.24, 2.45) is 0 Å². The Morgan fingerprint density at radius 1 is 1.20 bits per heavy atom. The zero-order valence-electron chi connectivity index (χ0n) is 15.6. The maximum absolute atomic E-state index is 12.7. The van der Waals surface area contributed by atoms with Crippen molar-refractivity contribution in [1.82, 2.24) is 5.32 Å². The first-order valence-corrected chi connectivity index (χ1v) is 10.7. The van der Waals surface area contributed by atoms with Crippen LogP contribution in [0.15, 0.2) is 51.0 Å². The fourth-order valence-electron chi connectivity index (χ4n) is 2.69. The van der Waals surface area contributed by atoms with Crippen molar-refractivity contribution in [1.29, 1.82) is 0 Å². The van der Waals surface area contributed by atoms with Gasteiger partial charge in [-0.05, 0) is 80.8 Å². The van der Waals surface area contributed by atoms with Crippen molar-refractivity contribution in [3.05, 3.63) is 61.6 Å². The molecule has 2 aromatic rings. The van der Waals surface area contributed by atoms with Gasteiger partial charge in [-0.25, -0.2) is 14.5 Å². The summed E-state index contributed by atoms with van der Waals surface area (Å²) >= 11 is 12.7. The average Bonchev–Trinajstić information content (AvgIpc) is 2.94. The number of hydrogen-bond donors (Lipinski definition) is 1. The molecule has 7 nitrogen and oxygen atoms in total. The van der Waals surface area contributed by atoms with Crippen LogP contribution < -0.4 is 15.0 Å². The van der Waals surface area contributed by atoms with Crippen molar-refractivity contribution in [3.63, 3.8) is 0 Å². The van der Waals surface area contributed by atoms with Gasteiger partial charge in [0.1, 0.15) is 11.4 Å². The van der Waals surface area contributed by atoms with E-state index in [1.54, 1.807) is 37.3 Å². The van der Waals surface area contributed by atoms with Gasteiger partial charge in [-0.3, -0.25) is 4.79 Å². The zero-order chi connectivity index (χ0) is 21.8. The van der Waals surface area contributed by atoms with Gasteiger partial charge in [0.2, 0.25) is 0 Å². The van der Waals surface area contributed by atoms with Crippen LogP contribution in [0.1, 0.15) is 12.5 Å². The molecule has 1 N–H and O–H groups in total. The number of nitrogens with one attached hydrogen (secondary N) is 1. The summed E-state index contributed by atoms with van der Waals surface area (Å²) in [5.74, 6) is -0.576. The second-order valence-corrected chi connectivity index (χ2v) is 8.16. The third-order valence-corrected chi connectivity index (χ3v) is 5.33. The Morgan fingerprint density at radius 3 is 2.53 bits per heavy atom. The number of nitrogens with zero attached hydrogens (tertiary/aromatic N) is 1. The molecule has 1 heterocycles. The van der Waals surface area contributed by atoms with Gasteiger partial charge in [-0.1, -0.05) is 17.7 Å². The smallest absolute Gasteiger partial charge is 0.344 e. The summed E-state index contributed by atoms with van der Waals surface area (Å²) in [5, 5.41) is 2.97. The molecule has 1 aliphatic rings. The summed E-state index contributed by atoms with van der Waals surface area (Å²) in [7, 11) is 0. The first-order chi connectivity index (χ1) is 14.3. The highest BCUT2D eigenvalue weighted by molar-refractivity contribution is 9.11. The highest BCUT2D eigenvalue weighted by Gasteiger charge is 2.35. The first kappa shape index (κ1) is 22.3. The third kappa shape index (κ3) is 5.03. The molecule has 1 aliphatic heterocycles. The molecule has 156 valence electrons. The highest BCUT2D eigenvalue weighted by atomic mass is 79.9. The maximum atomic E-state index is 12.7. The second kappa shape index (κ2) is 9.63. The van der Waals surface area contributed by atoms with Crippen molar-refractivity contribution < 1.29 is 23.9 Å². The van der Waals surface area contributed by atoms with Gasteiger partial charge >= 0.3 is 12.0 Å². The van der Waals surface area contributed by atoms with E-state index in [1.165, 1.54) is 12.1 Å². The SMILES string of the molecule is CCOC(=O)COc1c(Br)cc(/C=C2/NC(=O)N(c3cccc(Cl)c3)C2=O)cc1Br. The van der Waals surface area contributed by atoms with Crippen molar-refractivity contribution in [3.8, 4) is 5.75 Å². The number of hydrogen-bond acceptors (Lipinski definition) is 5. The predicted octanol–water partition coefficient (Wildman–Crippen LogP) is 4.90. The van der Waals surface area contributed by atoms with Crippen LogP contribution in [-0.4, -0.2) is 31.1 Å². The number of esters is 1. The van der Waals surface area contributed by atoms with E-state index in [2.05, 4.69) is 37.2 Å². The Kier molecular flexibility index (Phi) is 7.17. The molecular weight excluding hydrogens is 543 g/mol. The molecule has 0 aliphatic carbocycles. The minimum Gasteiger partial charge on any atom is -0.480 e. The summed E-state index contributed by atoms with van der Waals surface area (Å²) < 4.78 is 11.4. The van der Waals surface area contributed by atoms with Gasteiger partial charge in [0.25, 0.3) is 5.91 Å². The molecule has 1 saturated heterocycles. The molecule has 30 heavy (non-hydrogen) atoms. The number of amides is 3. The standard InChI is InChI=1S/C20H15Br2ClN2O5/c1-2-29-17(26)10-30-18-14(21)6-11(7-15(18)22)8-16-19(27)25(20(28)24-16)13-5-3-4-12(23)9-13/h3-9H,2,10H2,1H3,(H,24,28)/b16-8+. The summed E-state index contributed by atoms with van der Waals surface area (Å²) in [6.45, 7) is 1.74. The number of carbonyl (C=O) groups excluding carboxylic acids is 3. The van der Waals surface area contributed by atoms with E-state index in [4.69, 9.17) is 21.1 Å². The number of imide groups is 1. The lowest BCUT2D eigenvalue weighted by atomic mass is 10.2. The van der Waals surface area contributed by atoms with E-state index in [1.807, 2.05) is 0 Å². The Hall–Kier alpha value is -2.36. The number of benzene rings is 2. The molecule has 0 radical (unpaired) electrons. The minimum atomic E-state index is -0.568. The van der Waals surface area contributed by atoms with Crippen LogP contribution in [0.2, 0.25) is 5.02 Å². The molecule has 2 aromatic carbocycles. The average molecular weight is 559 g/mol. The van der Waals surface area contributed by atoms with Crippen LogP contribution in [-0.2, 0) is 14.3 Å². The Morgan fingerprint density at radius 2 is 1.90 bits per heavy atom. The number of ether oxygens (including phenoxy) is 2. The Bertz CT molecular complexity index is 1030. The first-order valence-electron chi connectivity index (χ1n) is 8.70. The zero-order valence-corrected chi connectivity index (χ0v) is 19.5. The quantitative estimate of drug-likeness (QED) is 0.310. The second-order valence-electron chi connectivity index (χ2n) is 6.02. The molecule has 0 spiro atoms. The van der Waals surface area contributed by atoms with Crippen LogP contribution >= 0.6 is 43.5 Å². The van der Waals surface area contributed by atoms with Gasteiger partial charge in [0.05, 0.1) is 21.2 Å². The maximum Gasteiger partial charge on any atom is 0.344 e. The lowest BCUT2D eigenvalue weighted by Gasteiger charge is -2.12. The molecule has 10 heteroatoms. The predicted molar refractivity (Wildman–Crippen MR) is 119 cm³/mol. The van der Waals surface area contributed by atoms with E-state index in [-0.39, 0.29) is 18.9 Å². The Balaban J connectivity index is 1.82. The van der Waals surface area contributed by atoms with Crippen molar-refractivity contribution >= 4 is 73.1 Å². The van der Waals surface area contributed by atoms with Gasteiger partial charge < -0.3 is 14.8 Å². The third-order valence-electron chi connectivity index (χ3n) is 3.92. The van der Waals surface area contributed by atoms with E-state index < -0.39 is 17.9 Å². The van der Waals surface area contributed by atoms with E-state index in [0.717, 1.165) is 4.90 Å². The molecule has 0 aromatic heterocycles. The Labute approximate surface area is 194 Å². The fourth-order valence-corrected chi connectivity index (χ4v) is 4.32. The van der Waals surface area contributed by atoms with Crippen LogP contribution in [0.3, 0.4) is 0 Å². The fraction of sp³-hybridized carbons (Fsp3) is 0.150. The number of urea groups is 1. The molecule has 0 unspecified atom stereocenters. The topological polar surface area (TPSA) is 84.9 Å². The number of halogens is 3. The summed E-state index contributed by atoms with van der Waals surface area (Å²) in [5.41, 5.74) is 1.10. The van der Waals surface area contributed by atoms with Crippen molar-refractivity contribution in [2.45, 2.75) is 6.92 Å². The molecule has 1 fully saturated rings. The van der Waals surface area contributed by atoms with Crippen LogP contribution in [0, 0.1) is 0 Å². The number of carbonyl (C=O) groups is 3. The van der Waals surface area contributed by atoms with Gasteiger partial charge in [-0.2, -0.15) is 0 Å². The van der Waals surface area contributed by atoms with E-state index >= 15 is 0 Å². The summed E-state index contributed by atoms with van der Waals surface area (Å²) in [4.78, 5) is 37.6. The normalized spacial score (nSPS) is 14.8. The lowest BCUT2D eigenvalue weighted by molar-refractivity contribution is -0.145. The molecule has 0 atom stereocenters.